The van der Waals surface area contributed by atoms with Crippen LogP contribution in [0.4, 0.5) is 0 Å². The SMILES string of the molecule is CC(=O)O.CC[PH](c1ccccc1)(c1ccccc1)c1ccccc1. The van der Waals surface area contributed by atoms with Gasteiger partial charge in [0.25, 0.3) is 5.97 Å². The Balaban J connectivity index is 0.000000511. The summed E-state index contributed by atoms with van der Waals surface area (Å²) in [6, 6.07) is 33.1. The number of carbonyl (C=O) groups is 1. The number of rotatable bonds is 4. The zero-order chi connectivity index (χ0) is 18.1. The van der Waals surface area contributed by atoms with Gasteiger partial charge >= 0.3 is 127 Å². The Bertz CT molecular complexity index is 670. The van der Waals surface area contributed by atoms with E-state index in [0.717, 1.165) is 6.92 Å². The molecule has 3 aromatic carbocycles. The molecule has 0 amide bonds. The molecule has 25 heavy (non-hydrogen) atoms. The molecule has 0 saturated heterocycles. The molecule has 0 unspecified atom stereocenters. The molecule has 1 N–H and O–H groups in total. The summed E-state index contributed by atoms with van der Waals surface area (Å²) in [4.78, 5) is 9.00. The second kappa shape index (κ2) is 9.15. The summed E-state index contributed by atoms with van der Waals surface area (Å²) >= 11 is 0. The Hall–Kier alpha value is -2.44. The van der Waals surface area contributed by atoms with Gasteiger partial charge in [-0.05, 0) is 0 Å². The standard InChI is InChI=1S/C20H21P.C2H4O2/c1-2-21(18-12-6-3-7-13-18,19-14-8-4-9-15-19)20-16-10-5-11-17-20;1-2(3)4/h3-17,21H,2H2,1H3;1H3,(H,3,4). The van der Waals surface area contributed by atoms with E-state index in [1.165, 1.54) is 22.1 Å². The van der Waals surface area contributed by atoms with Crippen molar-refractivity contribution in [2.75, 3.05) is 6.16 Å². The third-order valence-electron chi connectivity index (χ3n) is 4.33. The summed E-state index contributed by atoms with van der Waals surface area (Å²) in [5, 5.41) is 11.9. The molecule has 130 valence electrons. The van der Waals surface area contributed by atoms with Crippen LogP contribution in [0.2, 0.25) is 0 Å². The van der Waals surface area contributed by atoms with Crippen LogP contribution >= 0.6 is 7.26 Å². The average Bonchev–Trinajstić information content (AvgIpc) is 2.65. The molecule has 0 heterocycles. The van der Waals surface area contributed by atoms with Crippen molar-refractivity contribution >= 4 is 29.1 Å². The molecule has 0 saturated carbocycles. The van der Waals surface area contributed by atoms with Gasteiger partial charge < -0.3 is 5.11 Å². The zero-order valence-corrected chi connectivity index (χ0v) is 15.7. The van der Waals surface area contributed by atoms with Crippen LogP contribution in [0.3, 0.4) is 0 Å². The van der Waals surface area contributed by atoms with Gasteiger partial charge in [0.2, 0.25) is 0 Å². The summed E-state index contributed by atoms with van der Waals surface area (Å²) < 4.78 is 0. The fourth-order valence-corrected chi connectivity index (χ4v) is 7.79. The molecular formula is C22H25O2P. The van der Waals surface area contributed by atoms with Crippen LogP contribution in [0.5, 0.6) is 0 Å². The van der Waals surface area contributed by atoms with E-state index in [2.05, 4.69) is 97.9 Å². The maximum atomic E-state index is 9.00. The molecule has 0 aliphatic rings. The van der Waals surface area contributed by atoms with Crippen molar-refractivity contribution in [3.63, 3.8) is 0 Å². The van der Waals surface area contributed by atoms with Crippen LogP contribution < -0.4 is 15.9 Å². The van der Waals surface area contributed by atoms with Gasteiger partial charge in [-0.3, -0.25) is 4.79 Å². The van der Waals surface area contributed by atoms with Crippen molar-refractivity contribution in [3.8, 4) is 0 Å². The number of aliphatic carboxylic acids is 1. The molecule has 0 aromatic heterocycles. The molecule has 0 aliphatic carbocycles. The van der Waals surface area contributed by atoms with Crippen molar-refractivity contribution < 1.29 is 9.90 Å². The predicted molar refractivity (Wildman–Crippen MR) is 110 cm³/mol. The van der Waals surface area contributed by atoms with E-state index < -0.39 is 13.2 Å². The molecule has 0 spiro atoms. The Labute approximate surface area is 150 Å². The average molecular weight is 352 g/mol. The molecule has 0 fully saturated rings. The second-order valence-electron chi connectivity index (χ2n) is 5.88. The monoisotopic (exact) mass is 352 g/mol. The van der Waals surface area contributed by atoms with Crippen molar-refractivity contribution in [2.45, 2.75) is 13.8 Å². The summed E-state index contributed by atoms with van der Waals surface area (Å²) in [6.45, 7) is 3.42. The summed E-state index contributed by atoms with van der Waals surface area (Å²) in [5.41, 5.74) is 0. The normalized spacial score (nSPS) is 11.1. The Kier molecular flexibility index (Phi) is 6.91. The van der Waals surface area contributed by atoms with Crippen LogP contribution in [-0.2, 0) is 4.79 Å². The van der Waals surface area contributed by atoms with E-state index >= 15 is 0 Å². The van der Waals surface area contributed by atoms with Crippen molar-refractivity contribution in [3.05, 3.63) is 91.0 Å². The van der Waals surface area contributed by atoms with Crippen LogP contribution in [0.25, 0.3) is 0 Å². The fraction of sp³-hybridized carbons (Fsp3) is 0.136. The Morgan fingerprint density at radius 2 is 0.960 bits per heavy atom. The third-order valence-corrected chi connectivity index (χ3v) is 9.35. The Morgan fingerprint density at radius 1 is 0.720 bits per heavy atom. The number of carboxylic acids is 1. The number of carboxylic acid groups (broad SMARTS) is 1. The maximum absolute atomic E-state index is 9.00. The van der Waals surface area contributed by atoms with E-state index in [1.807, 2.05) is 0 Å². The second-order valence-corrected chi connectivity index (χ2v) is 10.1. The quantitative estimate of drug-likeness (QED) is 0.725. The topological polar surface area (TPSA) is 37.3 Å². The molecule has 0 atom stereocenters. The molecule has 3 aromatic rings. The summed E-state index contributed by atoms with van der Waals surface area (Å²) in [7, 11) is -1.90. The van der Waals surface area contributed by atoms with Crippen molar-refractivity contribution in [2.24, 2.45) is 0 Å². The van der Waals surface area contributed by atoms with Gasteiger partial charge in [0.05, 0.1) is 0 Å². The molecule has 3 heteroatoms. The molecule has 2 nitrogen and oxygen atoms in total. The number of hydrogen-bond donors (Lipinski definition) is 1. The minimum atomic E-state index is -1.90. The third kappa shape index (κ3) is 4.55. The van der Waals surface area contributed by atoms with E-state index in [-0.39, 0.29) is 0 Å². The zero-order valence-electron chi connectivity index (χ0n) is 14.7. The summed E-state index contributed by atoms with van der Waals surface area (Å²) in [5.74, 6) is -0.833. The van der Waals surface area contributed by atoms with E-state index in [1.54, 1.807) is 0 Å². The van der Waals surface area contributed by atoms with Gasteiger partial charge in [0.1, 0.15) is 0 Å². The molecular weight excluding hydrogens is 327 g/mol. The first kappa shape index (κ1) is 18.9. The van der Waals surface area contributed by atoms with E-state index in [9.17, 15) is 0 Å². The van der Waals surface area contributed by atoms with Gasteiger partial charge in [0.15, 0.2) is 0 Å². The van der Waals surface area contributed by atoms with Crippen LogP contribution in [0.15, 0.2) is 91.0 Å². The number of hydrogen-bond acceptors (Lipinski definition) is 1. The van der Waals surface area contributed by atoms with Gasteiger partial charge in [-0.1, -0.05) is 0 Å². The Morgan fingerprint density at radius 3 is 1.16 bits per heavy atom. The van der Waals surface area contributed by atoms with Gasteiger partial charge in [-0.15, -0.1) is 0 Å². The van der Waals surface area contributed by atoms with Gasteiger partial charge in [-0.2, -0.15) is 0 Å². The first-order chi connectivity index (χ1) is 12.1. The predicted octanol–water partition coefficient (Wildman–Crippen LogP) is 3.82. The molecule has 3 rings (SSSR count). The van der Waals surface area contributed by atoms with E-state index in [0.29, 0.717) is 0 Å². The van der Waals surface area contributed by atoms with Gasteiger partial charge in [0, 0.05) is 6.92 Å². The number of benzene rings is 3. The van der Waals surface area contributed by atoms with E-state index in [4.69, 9.17) is 9.90 Å². The fourth-order valence-electron chi connectivity index (χ4n) is 3.28. The molecule has 0 aliphatic heterocycles. The van der Waals surface area contributed by atoms with Crippen molar-refractivity contribution in [1.82, 2.24) is 0 Å². The van der Waals surface area contributed by atoms with Crippen LogP contribution in [-0.4, -0.2) is 17.2 Å². The molecule has 0 bridgehead atoms. The van der Waals surface area contributed by atoms with Gasteiger partial charge in [-0.25, -0.2) is 0 Å². The molecule has 0 radical (unpaired) electrons. The van der Waals surface area contributed by atoms with Crippen molar-refractivity contribution in [1.29, 1.82) is 0 Å². The van der Waals surface area contributed by atoms with Crippen LogP contribution in [0, 0.1) is 0 Å². The van der Waals surface area contributed by atoms with Crippen LogP contribution in [0.1, 0.15) is 13.8 Å². The first-order valence-corrected chi connectivity index (χ1v) is 10.7. The summed E-state index contributed by atoms with van der Waals surface area (Å²) in [6.07, 6.45) is 1.17. The first-order valence-electron chi connectivity index (χ1n) is 8.47. The minimum absolute atomic E-state index is 0.833.